The fourth-order valence-electron chi connectivity index (χ4n) is 3.97. The molecule has 2 aromatic heterocycles. The molecule has 0 unspecified atom stereocenters. The smallest absolute Gasteiger partial charge is 0.264 e. The van der Waals surface area contributed by atoms with Gasteiger partial charge in [-0.05, 0) is 43.2 Å². The van der Waals surface area contributed by atoms with Crippen molar-refractivity contribution in [1.29, 1.82) is 0 Å². The van der Waals surface area contributed by atoms with Crippen molar-refractivity contribution < 1.29 is 13.9 Å². The predicted molar refractivity (Wildman–Crippen MR) is 114 cm³/mol. The topological polar surface area (TPSA) is 80.0 Å². The quantitative estimate of drug-likeness (QED) is 0.574. The first-order valence-corrected chi connectivity index (χ1v) is 10.5. The lowest BCUT2D eigenvalue weighted by molar-refractivity contribution is 0.0114. The minimum absolute atomic E-state index is 0.0490. The average molecular weight is 437 g/mol. The minimum Gasteiger partial charge on any atom is -0.393 e. The number of hydrogen-bond donors (Lipinski definition) is 2. The van der Waals surface area contributed by atoms with Gasteiger partial charge in [0.15, 0.2) is 0 Å². The summed E-state index contributed by atoms with van der Waals surface area (Å²) in [6.45, 7) is 0.827. The lowest BCUT2D eigenvalue weighted by atomic mass is 9.92. The molecule has 0 radical (unpaired) electrons. The number of fused-ring (bicyclic) bond motifs is 3. The van der Waals surface area contributed by atoms with Gasteiger partial charge < -0.3 is 10.4 Å². The third-order valence-electron chi connectivity index (χ3n) is 5.77. The van der Waals surface area contributed by atoms with Gasteiger partial charge in [-0.2, -0.15) is 4.98 Å². The molecule has 0 atom stereocenters. The molecule has 4 rings (SSSR count). The van der Waals surface area contributed by atoms with E-state index in [0.717, 1.165) is 0 Å². The van der Waals surface area contributed by atoms with Gasteiger partial charge in [0.05, 0.1) is 12.6 Å². The molecule has 2 heterocycles. The van der Waals surface area contributed by atoms with E-state index in [2.05, 4.69) is 15.3 Å². The number of rotatable bonds is 5. The van der Waals surface area contributed by atoms with Gasteiger partial charge in [0, 0.05) is 34.5 Å². The second-order valence-corrected chi connectivity index (χ2v) is 8.26. The van der Waals surface area contributed by atoms with Crippen LogP contribution in [0, 0.1) is 0 Å². The Morgan fingerprint density at radius 3 is 2.67 bits per heavy atom. The van der Waals surface area contributed by atoms with Gasteiger partial charge in [-0.1, -0.05) is 24.6 Å². The third-order valence-corrected chi connectivity index (χ3v) is 6.01. The summed E-state index contributed by atoms with van der Waals surface area (Å²) in [7, 11) is 0. The van der Waals surface area contributed by atoms with Crippen molar-refractivity contribution in [2.45, 2.75) is 57.1 Å². The van der Waals surface area contributed by atoms with Gasteiger partial charge in [0.1, 0.15) is 5.65 Å². The molecule has 0 amide bonds. The molecule has 0 aliphatic heterocycles. The Morgan fingerprint density at radius 2 is 1.97 bits per heavy atom. The third kappa shape index (κ3) is 3.98. The second kappa shape index (κ2) is 8.07. The number of anilines is 1. The van der Waals surface area contributed by atoms with Crippen molar-refractivity contribution >= 4 is 39.4 Å². The van der Waals surface area contributed by atoms with E-state index in [-0.39, 0.29) is 30.1 Å². The number of halogens is 3. The number of aromatic nitrogens is 3. The number of pyridine rings is 1. The molecule has 6 nitrogen and oxygen atoms in total. The van der Waals surface area contributed by atoms with Crippen LogP contribution in [-0.4, -0.2) is 38.2 Å². The molecule has 9 heteroatoms. The normalized spacial score (nSPS) is 20.0. The van der Waals surface area contributed by atoms with Gasteiger partial charge in [-0.15, -0.1) is 0 Å². The Morgan fingerprint density at radius 1 is 1.23 bits per heavy atom. The molecule has 0 saturated heterocycles. The standard InChI is InChI=1S/C21H23ClF2N4O2/c1-2-21(23,24)11-26-20-25-10-17-15-8-3-12(22)9-16(15)19(30)28(18(17)27-20)13-4-6-14(29)7-5-13/h3,8-10,13-14,29H,2,4-7,11H2,1H3,(H,25,26,27). The van der Waals surface area contributed by atoms with Crippen LogP contribution in [-0.2, 0) is 0 Å². The maximum Gasteiger partial charge on any atom is 0.264 e. The molecule has 0 spiro atoms. The van der Waals surface area contributed by atoms with E-state index in [1.807, 2.05) is 0 Å². The van der Waals surface area contributed by atoms with Crippen LogP contribution in [0.1, 0.15) is 45.1 Å². The van der Waals surface area contributed by atoms with E-state index < -0.39 is 12.5 Å². The van der Waals surface area contributed by atoms with Crippen molar-refractivity contribution in [3.05, 3.63) is 39.8 Å². The molecular weight excluding hydrogens is 414 g/mol. The van der Waals surface area contributed by atoms with Crippen LogP contribution in [0.15, 0.2) is 29.2 Å². The van der Waals surface area contributed by atoms with Gasteiger partial charge in [0.25, 0.3) is 11.5 Å². The van der Waals surface area contributed by atoms with Crippen molar-refractivity contribution in [2.75, 3.05) is 11.9 Å². The van der Waals surface area contributed by atoms with Crippen molar-refractivity contribution in [2.24, 2.45) is 0 Å². The predicted octanol–water partition coefficient (Wildman–Crippen LogP) is 4.53. The zero-order chi connectivity index (χ0) is 21.5. The molecule has 3 aromatic rings. The maximum absolute atomic E-state index is 13.7. The Hall–Kier alpha value is -2.32. The number of alkyl halides is 2. The van der Waals surface area contributed by atoms with E-state index >= 15 is 0 Å². The van der Waals surface area contributed by atoms with Crippen LogP contribution in [0.2, 0.25) is 5.02 Å². The molecule has 2 N–H and O–H groups in total. The molecule has 1 aliphatic carbocycles. The largest absolute Gasteiger partial charge is 0.393 e. The SMILES string of the molecule is CCC(F)(F)CNc1ncc2c3ccc(Cl)cc3c(=O)n(C3CCC(O)CC3)c2n1. The molecule has 1 aromatic carbocycles. The van der Waals surface area contributed by atoms with E-state index in [4.69, 9.17) is 11.6 Å². The number of benzene rings is 1. The Bertz CT molecular complexity index is 1140. The number of aliphatic hydroxyl groups is 1. The van der Waals surface area contributed by atoms with Crippen LogP contribution in [0.5, 0.6) is 0 Å². The highest BCUT2D eigenvalue weighted by Crippen LogP contribution is 2.32. The average Bonchev–Trinajstić information content (AvgIpc) is 2.74. The molecular formula is C21H23ClF2N4O2. The summed E-state index contributed by atoms with van der Waals surface area (Å²) in [5.41, 5.74) is 0.165. The van der Waals surface area contributed by atoms with E-state index in [1.165, 1.54) is 6.92 Å². The fraction of sp³-hybridized carbons (Fsp3) is 0.476. The van der Waals surface area contributed by atoms with Crippen LogP contribution in [0.25, 0.3) is 21.8 Å². The zero-order valence-corrected chi connectivity index (χ0v) is 17.3. The van der Waals surface area contributed by atoms with Gasteiger partial charge in [0.2, 0.25) is 5.95 Å². The first-order valence-electron chi connectivity index (χ1n) is 10.1. The summed E-state index contributed by atoms with van der Waals surface area (Å²) in [5.74, 6) is -2.83. The Labute approximate surface area is 176 Å². The number of aliphatic hydroxyl groups excluding tert-OH is 1. The number of hydrogen-bond acceptors (Lipinski definition) is 5. The van der Waals surface area contributed by atoms with Crippen LogP contribution >= 0.6 is 11.6 Å². The lowest BCUT2D eigenvalue weighted by Crippen LogP contribution is -2.31. The molecule has 1 saturated carbocycles. The second-order valence-electron chi connectivity index (χ2n) is 7.82. The summed E-state index contributed by atoms with van der Waals surface area (Å²) < 4.78 is 28.9. The lowest BCUT2D eigenvalue weighted by Gasteiger charge is -2.28. The summed E-state index contributed by atoms with van der Waals surface area (Å²) in [5, 5.41) is 14.7. The molecule has 0 bridgehead atoms. The first-order chi connectivity index (χ1) is 14.3. The van der Waals surface area contributed by atoms with Crippen LogP contribution in [0.3, 0.4) is 0 Å². The maximum atomic E-state index is 13.7. The summed E-state index contributed by atoms with van der Waals surface area (Å²) in [6, 6.07) is 4.92. The van der Waals surface area contributed by atoms with Crippen molar-refractivity contribution in [3.63, 3.8) is 0 Å². The van der Waals surface area contributed by atoms with Gasteiger partial charge in [-0.25, -0.2) is 13.8 Å². The highest BCUT2D eigenvalue weighted by molar-refractivity contribution is 6.31. The first kappa shape index (κ1) is 20.9. The Balaban J connectivity index is 1.88. The molecule has 160 valence electrons. The van der Waals surface area contributed by atoms with E-state index in [0.29, 0.717) is 52.5 Å². The fourth-order valence-corrected chi connectivity index (χ4v) is 4.15. The monoisotopic (exact) mass is 436 g/mol. The van der Waals surface area contributed by atoms with Crippen LogP contribution in [0.4, 0.5) is 14.7 Å². The minimum atomic E-state index is -2.88. The molecule has 30 heavy (non-hydrogen) atoms. The summed E-state index contributed by atoms with van der Waals surface area (Å²) >= 11 is 6.13. The highest BCUT2D eigenvalue weighted by atomic mass is 35.5. The van der Waals surface area contributed by atoms with Gasteiger partial charge in [-0.3, -0.25) is 9.36 Å². The molecule has 1 aliphatic rings. The number of nitrogens with one attached hydrogen (secondary N) is 1. The van der Waals surface area contributed by atoms with Crippen molar-refractivity contribution in [3.8, 4) is 0 Å². The van der Waals surface area contributed by atoms with E-state index in [9.17, 15) is 18.7 Å². The van der Waals surface area contributed by atoms with Crippen molar-refractivity contribution in [1.82, 2.24) is 14.5 Å². The Kier molecular flexibility index (Phi) is 5.63. The number of nitrogens with zero attached hydrogens (tertiary/aromatic N) is 3. The highest BCUT2D eigenvalue weighted by Gasteiger charge is 2.27. The summed E-state index contributed by atoms with van der Waals surface area (Å²) in [6.07, 6.45) is 3.32. The van der Waals surface area contributed by atoms with E-state index in [1.54, 1.807) is 29.0 Å². The van der Waals surface area contributed by atoms with Gasteiger partial charge >= 0.3 is 0 Å². The summed E-state index contributed by atoms with van der Waals surface area (Å²) in [4.78, 5) is 22.0. The molecule has 1 fully saturated rings. The van der Waals surface area contributed by atoms with Crippen LogP contribution < -0.4 is 10.9 Å². The zero-order valence-electron chi connectivity index (χ0n) is 16.5.